The van der Waals surface area contributed by atoms with Gasteiger partial charge in [0.2, 0.25) is 5.91 Å². The highest BCUT2D eigenvalue weighted by atomic mass is 32.2. The van der Waals surface area contributed by atoms with E-state index in [1.807, 2.05) is 17.5 Å². The Morgan fingerprint density at radius 1 is 1.38 bits per heavy atom. The van der Waals surface area contributed by atoms with Gasteiger partial charge in [-0.3, -0.25) is 4.79 Å². The second-order valence-corrected chi connectivity index (χ2v) is 8.36. The number of carbonyl (C=O) groups is 1. The topological polar surface area (TPSA) is 69.0 Å². The van der Waals surface area contributed by atoms with Crippen LogP contribution >= 0.6 is 23.1 Å². The van der Waals surface area contributed by atoms with Gasteiger partial charge in [-0.1, -0.05) is 37.1 Å². The van der Waals surface area contributed by atoms with Crippen LogP contribution in [-0.4, -0.2) is 46.2 Å². The molecule has 0 unspecified atom stereocenters. The maximum Gasteiger partial charge on any atom is 0.230 e. The van der Waals surface area contributed by atoms with Crippen LogP contribution in [-0.2, 0) is 16.1 Å². The van der Waals surface area contributed by atoms with E-state index in [4.69, 9.17) is 4.74 Å². The average molecular weight is 395 g/mol. The zero-order valence-corrected chi connectivity index (χ0v) is 16.8. The fourth-order valence-corrected chi connectivity index (χ4v) is 4.69. The van der Waals surface area contributed by atoms with Crippen molar-refractivity contribution in [3.63, 3.8) is 0 Å². The van der Waals surface area contributed by atoms with Gasteiger partial charge in [0.05, 0.1) is 10.6 Å². The molecule has 0 aliphatic heterocycles. The van der Waals surface area contributed by atoms with Crippen molar-refractivity contribution >= 4 is 29.0 Å². The van der Waals surface area contributed by atoms with Gasteiger partial charge in [0.15, 0.2) is 11.0 Å². The third-order valence-electron chi connectivity index (χ3n) is 4.49. The van der Waals surface area contributed by atoms with Crippen molar-refractivity contribution in [2.24, 2.45) is 0 Å². The first-order valence-corrected chi connectivity index (χ1v) is 11.0. The predicted octanol–water partition coefficient (Wildman–Crippen LogP) is 3.58. The first-order chi connectivity index (χ1) is 12.8. The Labute approximate surface area is 162 Å². The smallest absolute Gasteiger partial charge is 0.230 e. The normalized spacial score (nSPS) is 15.3. The third kappa shape index (κ3) is 5.31. The van der Waals surface area contributed by atoms with Crippen LogP contribution in [0.4, 0.5) is 0 Å². The molecule has 2 aromatic heterocycles. The molecular weight excluding hydrogens is 368 g/mol. The van der Waals surface area contributed by atoms with Crippen molar-refractivity contribution in [3.05, 3.63) is 17.5 Å². The van der Waals surface area contributed by atoms with Crippen LogP contribution in [0.2, 0.25) is 0 Å². The van der Waals surface area contributed by atoms with Crippen molar-refractivity contribution in [1.82, 2.24) is 20.1 Å². The van der Waals surface area contributed by atoms with E-state index in [9.17, 15) is 4.79 Å². The Kier molecular flexibility index (Phi) is 7.52. The summed E-state index contributed by atoms with van der Waals surface area (Å²) in [6.45, 7) is 1.47. The highest BCUT2D eigenvalue weighted by Gasteiger charge is 2.18. The Hall–Kier alpha value is -1.38. The number of aromatic nitrogens is 3. The molecule has 0 atom stereocenters. The summed E-state index contributed by atoms with van der Waals surface area (Å²) < 4.78 is 7.27. The molecule has 1 fully saturated rings. The lowest BCUT2D eigenvalue weighted by molar-refractivity contribution is -0.119. The minimum absolute atomic E-state index is 0.0889. The summed E-state index contributed by atoms with van der Waals surface area (Å²) >= 11 is 3.11. The Balaban J connectivity index is 1.61. The lowest BCUT2D eigenvalue weighted by atomic mass is 9.95. The van der Waals surface area contributed by atoms with Crippen LogP contribution in [0, 0.1) is 0 Å². The van der Waals surface area contributed by atoms with Gasteiger partial charge in [0, 0.05) is 26.3 Å². The number of nitrogens with one attached hydrogen (secondary N) is 1. The lowest BCUT2D eigenvalue weighted by Crippen LogP contribution is -2.37. The van der Waals surface area contributed by atoms with E-state index >= 15 is 0 Å². The zero-order valence-electron chi connectivity index (χ0n) is 15.1. The zero-order chi connectivity index (χ0) is 18.2. The predicted molar refractivity (Wildman–Crippen MR) is 106 cm³/mol. The fourth-order valence-electron chi connectivity index (χ4n) is 3.20. The van der Waals surface area contributed by atoms with Gasteiger partial charge in [0.1, 0.15) is 0 Å². The molecule has 0 bridgehead atoms. The van der Waals surface area contributed by atoms with Gasteiger partial charge in [-0.05, 0) is 30.7 Å². The first-order valence-electron chi connectivity index (χ1n) is 9.16. The highest BCUT2D eigenvalue weighted by Crippen LogP contribution is 2.27. The average Bonchev–Trinajstić information content (AvgIpc) is 3.31. The van der Waals surface area contributed by atoms with E-state index in [-0.39, 0.29) is 5.91 Å². The molecule has 0 radical (unpaired) electrons. The number of amides is 1. The standard InChI is InChI=1S/C18H26N4O2S2/c1-24-11-6-10-22-17(15-9-5-12-25-15)20-21-18(22)26-13-16(23)19-14-7-3-2-4-8-14/h5,9,12,14H,2-4,6-8,10-11,13H2,1H3,(H,19,23). The van der Waals surface area contributed by atoms with E-state index in [0.29, 0.717) is 18.4 Å². The second kappa shape index (κ2) is 10.1. The minimum atomic E-state index is 0.0889. The molecule has 0 saturated heterocycles. The molecule has 142 valence electrons. The number of thiophene rings is 1. The summed E-state index contributed by atoms with van der Waals surface area (Å²) in [7, 11) is 1.71. The Morgan fingerprint density at radius 3 is 2.96 bits per heavy atom. The SMILES string of the molecule is COCCCn1c(SCC(=O)NC2CCCCC2)nnc1-c1cccs1. The number of methoxy groups -OCH3 is 1. The molecule has 3 rings (SSSR count). The molecule has 6 nitrogen and oxygen atoms in total. The molecule has 1 aliphatic rings. The monoisotopic (exact) mass is 394 g/mol. The van der Waals surface area contributed by atoms with Crippen LogP contribution in [0.3, 0.4) is 0 Å². The maximum absolute atomic E-state index is 12.3. The van der Waals surface area contributed by atoms with E-state index in [2.05, 4.69) is 20.1 Å². The lowest BCUT2D eigenvalue weighted by Gasteiger charge is -2.22. The van der Waals surface area contributed by atoms with Crippen molar-refractivity contribution in [1.29, 1.82) is 0 Å². The third-order valence-corrected chi connectivity index (χ3v) is 6.32. The van der Waals surface area contributed by atoms with Gasteiger partial charge < -0.3 is 14.6 Å². The first kappa shape index (κ1) is 19.4. The molecule has 0 spiro atoms. The Bertz CT molecular complexity index is 681. The van der Waals surface area contributed by atoms with Crippen molar-refractivity contribution in [2.75, 3.05) is 19.5 Å². The van der Waals surface area contributed by atoms with E-state index in [0.717, 1.165) is 41.7 Å². The fraction of sp³-hybridized carbons (Fsp3) is 0.611. The number of hydrogen-bond acceptors (Lipinski definition) is 6. The minimum Gasteiger partial charge on any atom is -0.385 e. The molecule has 1 aliphatic carbocycles. The molecule has 2 aromatic rings. The van der Waals surface area contributed by atoms with Crippen molar-refractivity contribution < 1.29 is 9.53 Å². The van der Waals surface area contributed by atoms with Crippen LogP contribution in [0.25, 0.3) is 10.7 Å². The number of ether oxygens (including phenoxy) is 1. The van der Waals surface area contributed by atoms with Gasteiger partial charge in [-0.2, -0.15) is 0 Å². The molecule has 1 N–H and O–H groups in total. The summed E-state index contributed by atoms with van der Waals surface area (Å²) in [5.41, 5.74) is 0. The van der Waals surface area contributed by atoms with Crippen LogP contribution in [0.1, 0.15) is 38.5 Å². The van der Waals surface area contributed by atoms with Gasteiger partial charge >= 0.3 is 0 Å². The summed E-state index contributed by atoms with van der Waals surface area (Å²) in [6.07, 6.45) is 6.82. The number of thioether (sulfide) groups is 1. The van der Waals surface area contributed by atoms with E-state index in [1.165, 1.54) is 31.0 Å². The number of hydrogen-bond donors (Lipinski definition) is 1. The molecule has 26 heavy (non-hydrogen) atoms. The van der Waals surface area contributed by atoms with E-state index < -0.39 is 0 Å². The molecule has 2 heterocycles. The molecule has 1 saturated carbocycles. The molecule has 0 aromatic carbocycles. The van der Waals surface area contributed by atoms with Gasteiger partial charge in [-0.15, -0.1) is 21.5 Å². The maximum atomic E-state index is 12.3. The summed E-state index contributed by atoms with van der Waals surface area (Å²) in [4.78, 5) is 13.4. The molecule has 1 amide bonds. The summed E-state index contributed by atoms with van der Waals surface area (Å²) in [5, 5.41) is 14.7. The molecular formula is C18H26N4O2S2. The number of nitrogens with zero attached hydrogens (tertiary/aromatic N) is 3. The number of rotatable bonds is 9. The van der Waals surface area contributed by atoms with Crippen LogP contribution in [0.15, 0.2) is 22.7 Å². The number of carbonyl (C=O) groups excluding carboxylic acids is 1. The summed E-state index contributed by atoms with van der Waals surface area (Å²) in [5.74, 6) is 1.33. The van der Waals surface area contributed by atoms with Crippen LogP contribution in [0.5, 0.6) is 0 Å². The van der Waals surface area contributed by atoms with Crippen molar-refractivity contribution in [2.45, 2.75) is 56.3 Å². The van der Waals surface area contributed by atoms with Gasteiger partial charge in [-0.25, -0.2) is 0 Å². The highest BCUT2D eigenvalue weighted by molar-refractivity contribution is 7.99. The van der Waals surface area contributed by atoms with Crippen LogP contribution < -0.4 is 5.32 Å². The Morgan fingerprint density at radius 2 is 2.23 bits per heavy atom. The van der Waals surface area contributed by atoms with Gasteiger partial charge in [0.25, 0.3) is 0 Å². The van der Waals surface area contributed by atoms with Crippen molar-refractivity contribution in [3.8, 4) is 10.7 Å². The summed E-state index contributed by atoms with van der Waals surface area (Å²) in [6, 6.07) is 4.41. The molecule has 8 heteroatoms. The van der Waals surface area contributed by atoms with E-state index in [1.54, 1.807) is 18.4 Å². The quantitative estimate of drug-likeness (QED) is 0.520. The second-order valence-electron chi connectivity index (χ2n) is 6.47. The largest absolute Gasteiger partial charge is 0.385 e.